The van der Waals surface area contributed by atoms with Crippen molar-refractivity contribution in [3.05, 3.63) is 72.3 Å². The number of aromatic nitrogens is 2. The first-order chi connectivity index (χ1) is 9.72. The van der Waals surface area contributed by atoms with Gasteiger partial charge in [-0.3, -0.25) is 0 Å². The fourth-order valence-corrected chi connectivity index (χ4v) is 1.93. The lowest BCUT2D eigenvalue weighted by molar-refractivity contribution is 0.480. The number of rotatable bonds is 3. The Morgan fingerprint density at radius 2 is 1.50 bits per heavy atom. The van der Waals surface area contributed by atoms with E-state index in [4.69, 9.17) is 4.74 Å². The Labute approximate surface area is 116 Å². The number of aryl methyl sites for hydroxylation is 1. The number of hydrogen-bond acceptors (Lipinski definition) is 2. The summed E-state index contributed by atoms with van der Waals surface area (Å²) in [5.41, 5.74) is 2.04. The predicted molar refractivity (Wildman–Crippen MR) is 74.8 cm³/mol. The fourth-order valence-electron chi connectivity index (χ4n) is 1.93. The van der Waals surface area contributed by atoms with Gasteiger partial charge in [-0.2, -0.15) is 5.10 Å². The van der Waals surface area contributed by atoms with Gasteiger partial charge in [0.05, 0.1) is 5.69 Å². The number of ether oxygens (including phenoxy) is 1. The van der Waals surface area contributed by atoms with E-state index in [0.717, 1.165) is 11.4 Å². The van der Waals surface area contributed by atoms with Crippen molar-refractivity contribution in [2.75, 3.05) is 0 Å². The molecule has 0 fully saturated rings. The van der Waals surface area contributed by atoms with Crippen molar-refractivity contribution >= 4 is 0 Å². The maximum absolute atomic E-state index is 12.8. The molecule has 0 unspecified atom stereocenters. The molecule has 100 valence electrons. The van der Waals surface area contributed by atoms with E-state index in [-0.39, 0.29) is 5.82 Å². The van der Waals surface area contributed by atoms with Crippen molar-refractivity contribution in [1.82, 2.24) is 9.78 Å². The summed E-state index contributed by atoms with van der Waals surface area (Å²) < 4.78 is 20.3. The van der Waals surface area contributed by atoms with E-state index in [9.17, 15) is 4.39 Å². The van der Waals surface area contributed by atoms with Gasteiger partial charge in [-0.15, -0.1) is 0 Å². The minimum atomic E-state index is -0.276. The van der Waals surface area contributed by atoms with Crippen LogP contribution in [0.5, 0.6) is 11.5 Å². The molecule has 3 aromatic rings. The Bertz CT molecular complexity index is 702. The standard InChI is InChI=1S/C16H13FN2O/c1-12-10-11-18-19(12)14-4-8-16(9-5-14)20-15-6-2-13(17)3-7-15/h2-11H,1H3. The molecule has 0 saturated heterocycles. The van der Waals surface area contributed by atoms with Gasteiger partial charge < -0.3 is 4.74 Å². The molecule has 0 amide bonds. The SMILES string of the molecule is Cc1ccnn1-c1ccc(Oc2ccc(F)cc2)cc1. The first-order valence-corrected chi connectivity index (χ1v) is 6.27. The average Bonchev–Trinajstić information content (AvgIpc) is 2.89. The number of nitrogens with zero attached hydrogens (tertiary/aromatic N) is 2. The average molecular weight is 268 g/mol. The van der Waals surface area contributed by atoms with Crippen molar-refractivity contribution < 1.29 is 9.13 Å². The zero-order valence-electron chi connectivity index (χ0n) is 11.0. The Morgan fingerprint density at radius 1 is 0.900 bits per heavy atom. The smallest absolute Gasteiger partial charge is 0.127 e. The van der Waals surface area contributed by atoms with Crippen LogP contribution in [0.4, 0.5) is 4.39 Å². The normalized spacial score (nSPS) is 10.5. The summed E-state index contributed by atoms with van der Waals surface area (Å²) in [6.07, 6.45) is 1.76. The molecule has 0 aliphatic carbocycles. The molecule has 20 heavy (non-hydrogen) atoms. The highest BCUT2D eigenvalue weighted by atomic mass is 19.1. The summed E-state index contributed by atoms with van der Waals surface area (Å²) in [6.45, 7) is 2.00. The van der Waals surface area contributed by atoms with Gasteiger partial charge >= 0.3 is 0 Å². The van der Waals surface area contributed by atoms with Gasteiger partial charge in [0, 0.05) is 11.9 Å². The Hall–Kier alpha value is -2.62. The van der Waals surface area contributed by atoms with Crippen LogP contribution in [0, 0.1) is 12.7 Å². The van der Waals surface area contributed by atoms with E-state index in [1.54, 1.807) is 18.3 Å². The molecule has 3 nitrogen and oxygen atoms in total. The summed E-state index contributed by atoms with van der Waals surface area (Å²) in [7, 11) is 0. The van der Waals surface area contributed by atoms with Gasteiger partial charge in [0.2, 0.25) is 0 Å². The number of halogens is 1. The zero-order valence-corrected chi connectivity index (χ0v) is 11.0. The fraction of sp³-hybridized carbons (Fsp3) is 0.0625. The molecule has 1 heterocycles. The molecule has 0 radical (unpaired) electrons. The molecule has 0 atom stereocenters. The minimum absolute atomic E-state index is 0.276. The lowest BCUT2D eigenvalue weighted by Crippen LogP contribution is -1.97. The van der Waals surface area contributed by atoms with E-state index >= 15 is 0 Å². The third-order valence-corrected chi connectivity index (χ3v) is 2.96. The Morgan fingerprint density at radius 3 is 2.05 bits per heavy atom. The minimum Gasteiger partial charge on any atom is -0.457 e. The van der Waals surface area contributed by atoms with Gasteiger partial charge in [-0.25, -0.2) is 9.07 Å². The van der Waals surface area contributed by atoms with Crippen LogP contribution < -0.4 is 4.74 Å². The highest BCUT2D eigenvalue weighted by molar-refractivity contribution is 5.39. The van der Waals surface area contributed by atoms with E-state index in [2.05, 4.69) is 5.10 Å². The van der Waals surface area contributed by atoms with Gasteiger partial charge in [0.1, 0.15) is 17.3 Å². The molecular weight excluding hydrogens is 255 g/mol. The monoisotopic (exact) mass is 268 g/mol. The van der Waals surface area contributed by atoms with Crippen LogP contribution >= 0.6 is 0 Å². The third-order valence-electron chi connectivity index (χ3n) is 2.96. The summed E-state index contributed by atoms with van der Waals surface area (Å²) >= 11 is 0. The van der Waals surface area contributed by atoms with Crippen LogP contribution in [0.2, 0.25) is 0 Å². The second kappa shape index (κ2) is 5.17. The molecule has 0 aliphatic heterocycles. The molecular formula is C16H13FN2O. The van der Waals surface area contributed by atoms with Crippen LogP contribution in [0.3, 0.4) is 0 Å². The van der Waals surface area contributed by atoms with Crippen LogP contribution in [0.25, 0.3) is 5.69 Å². The largest absolute Gasteiger partial charge is 0.457 e. The summed E-state index contributed by atoms with van der Waals surface area (Å²) in [5.74, 6) is 1.03. The predicted octanol–water partition coefficient (Wildman–Crippen LogP) is 4.11. The van der Waals surface area contributed by atoms with E-state index in [1.165, 1.54) is 12.1 Å². The van der Waals surface area contributed by atoms with Crippen LogP contribution in [-0.2, 0) is 0 Å². The summed E-state index contributed by atoms with van der Waals surface area (Å²) in [4.78, 5) is 0. The first kappa shape index (κ1) is 12.4. The van der Waals surface area contributed by atoms with Crippen molar-refractivity contribution in [1.29, 1.82) is 0 Å². The molecule has 4 heteroatoms. The quantitative estimate of drug-likeness (QED) is 0.714. The third kappa shape index (κ3) is 2.54. The topological polar surface area (TPSA) is 27.1 Å². The van der Waals surface area contributed by atoms with Gasteiger partial charge in [0.25, 0.3) is 0 Å². The first-order valence-electron chi connectivity index (χ1n) is 6.27. The second-order valence-corrected chi connectivity index (χ2v) is 4.43. The lowest BCUT2D eigenvalue weighted by Gasteiger charge is -2.08. The van der Waals surface area contributed by atoms with Crippen LogP contribution in [-0.4, -0.2) is 9.78 Å². The Kier molecular flexibility index (Phi) is 3.21. The summed E-state index contributed by atoms with van der Waals surface area (Å²) in [6, 6.07) is 15.5. The van der Waals surface area contributed by atoms with E-state index in [1.807, 2.05) is 41.9 Å². The van der Waals surface area contributed by atoms with Crippen LogP contribution in [0.15, 0.2) is 60.8 Å². The van der Waals surface area contributed by atoms with E-state index in [0.29, 0.717) is 11.5 Å². The van der Waals surface area contributed by atoms with Crippen molar-refractivity contribution in [2.45, 2.75) is 6.92 Å². The van der Waals surface area contributed by atoms with Crippen molar-refractivity contribution in [3.8, 4) is 17.2 Å². The molecule has 2 aromatic carbocycles. The zero-order chi connectivity index (χ0) is 13.9. The molecule has 0 aliphatic rings. The van der Waals surface area contributed by atoms with Gasteiger partial charge in [0.15, 0.2) is 0 Å². The summed E-state index contributed by atoms with van der Waals surface area (Å²) in [5, 5.41) is 4.24. The molecule has 0 N–H and O–H groups in total. The lowest BCUT2D eigenvalue weighted by atomic mass is 10.3. The van der Waals surface area contributed by atoms with Crippen LogP contribution in [0.1, 0.15) is 5.69 Å². The Balaban J connectivity index is 1.80. The van der Waals surface area contributed by atoms with Gasteiger partial charge in [-0.1, -0.05) is 0 Å². The molecule has 1 aromatic heterocycles. The highest BCUT2D eigenvalue weighted by Gasteiger charge is 2.02. The van der Waals surface area contributed by atoms with Gasteiger partial charge in [-0.05, 0) is 61.5 Å². The van der Waals surface area contributed by atoms with E-state index < -0.39 is 0 Å². The molecule has 3 rings (SSSR count). The maximum Gasteiger partial charge on any atom is 0.127 e. The number of benzene rings is 2. The van der Waals surface area contributed by atoms with Crippen molar-refractivity contribution in [3.63, 3.8) is 0 Å². The molecule has 0 saturated carbocycles. The highest BCUT2D eigenvalue weighted by Crippen LogP contribution is 2.23. The van der Waals surface area contributed by atoms with Crippen molar-refractivity contribution in [2.24, 2.45) is 0 Å². The molecule has 0 spiro atoms. The molecule has 0 bridgehead atoms. The number of hydrogen-bond donors (Lipinski definition) is 0. The maximum atomic E-state index is 12.8. The second-order valence-electron chi connectivity index (χ2n) is 4.43.